The monoisotopic (exact) mass is 327 g/mol. The molecule has 3 rings (SSSR count). The van der Waals surface area contributed by atoms with E-state index in [9.17, 15) is 14.0 Å². The molecule has 0 saturated heterocycles. The number of rotatable bonds is 4. The summed E-state index contributed by atoms with van der Waals surface area (Å²) < 4.78 is 18.9. The van der Waals surface area contributed by atoms with Gasteiger partial charge in [0.05, 0.1) is 0 Å². The van der Waals surface area contributed by atoms with Crippen molar-refractivity contribution < 1.29 is 18.7 Å². The van der Waals surface area contributed by atoms with Crippen molar-refractivity contribution in [2.24, 2.45) is 0 Å². The van der Waals surface area contributed by atoms with Crippen LogP contribution in [0.4, 0.5) is 10.1 Å². The SMILES string of the molecule is CC(=O)c1ccc2c(c1)CCCN2C(=O)COc1ccccc1F. The lowest BCUT2D eigenvalue weighted by atomic mass is 9.98. The zero-order valence-electron chi connectivity index (χ0n) is 13.4. The molecule has 0 saturated carbocycles. The van der Waals surface area contributed by atoms with Crippen molar-refractivity contribution in [2.75, 3.05) is 18.1 Å². The van der Waals surface area contributed by atoms with E-state index in [-0.39, 0.29) is 24.0 Å². The maximum atomic E-state index is 13.6. The molecule has 1 aliphatic rings. The van der Waals surface area contributed by atoms with Crippen LogP contribution in [0.1, 0.15) is 29.3 Å². The van der Waals surface area contributed by atoms with Gasteiger partial charge in [-0.1, -0.05) is 12.1 Å². The summed E-state index contributed by atoms with van der Waals surface area (Å²) >= 11 is 0. The average molecular weight is 327 g/mol. The standard InChI is InChI=1S/C19H18FNO3/c1-13(22)14-8-9-17-15(11-14)5-4-10-21(17)19(23)12-24-18-7-3-2-6-16(18)20/h2-3,6-9,11H,4-5,10,12H2,1H3. The highest BCUT2D eigenvalue weighted by atomic mass is 19.1. The summed E-state index contributed by atoms with van der Waals surface area (Å²) in [6.45, 7) is 1.89. The van der Waals surface area contributed by atoms with E-state index in [1.165, 1.54) is 19.1 Å². The lowest BCUT2D eigenvalue weighted by Crippen LogP contribution is -2.38. The minimum absolute atomic E-state index is 0.00383. The maximum absolute atomic E-state index is 13.6. The van der Waals surface area contributed by atoms with Gasteiger partial charge in [0.2, 0.25) is 0 Å². The lowest BCUT2D eigenvalue weighted by molar-refractivity contribution is -0.120. The molecular weight excluding hydrogens is 309 g/mol. The maximum Gasteiger partial charge on any atom is 0.264 e. The van der Waals surface area contributed by atoms with Crippen LogP contribution in [0.3, 0.4) is 0 Å². The molecule has 5 heteroatoms. The number of halogens is 1. The van der Waals surface area contributed by atoms with Gasteiger partial charge < -0.3 is 9.64 Å². The fourth-order valence-corrected chi connectivity index (χ4v) is 2.85. The number of ether oxygens (including phenoxy) is 1. The molecule has 0 aliphatic carbocycles. The lowest BCUT2D eigenvalue weighted by Gasteiger charge is -2.29. The van der Waals surface area contributed by atoms with Crippen LogP contribution in [0, 0.1) is 5.82 Å². The molecule has 24 heavy (non-hydrogen) atoms. The van der Waals surface area contributed by atoms with Crippen LogP contribution in [0.15, 0.2) is 42.5 Å². The molecule has 0 atom stereocenters. The van der Waals surface area contributed by atoms with E-state index in [0.29, 0.717) is 12.1 Å². The topological polar surface area (TPSA) is 46.6 Å². The van der Waals surface area contributed by atoms with Crippen LogP contribution in [-0.4, -0.2) is 24.8 Å². The Morgan fingerprint density at radius 2 is 2.00 bits per heavy atom. The number of carbonyl (C=O) groups excluding carboxylic acids is 2. The van der Waals surface area contributed by atoms with E-state index >= 15 is 0 Å². The molecule has 2 aromatic carbocycles. The van der Waals surface area contributed by atoms with E-state index in [2.05, 4.69) is 0 Å². The van der Waals surface area contributed by atoms with Crippen LogP contribution >= 0.6 is 0 Å². The molecule has 0 radical (unpaired) electrons. The van der Waals surface area contributed by atoms with Crippen molar-refractivity contribution in [1.29, 1.82) is 0 Å². The number of ketones is 1. The van der Waals surface area contributed by atoms with Crippen LogP contribution in [0.2, 0.25) is 0 Å². The van der Waals surface area contributed by atoms with E-state index in [1.807, 2.05) is 6.07 Å². The predicted molar refractivity (Wildman–Crippen MR) is 89.0 cm³/mol. The first-order valence-corrected chi connectivity index (χ1v) is 7.88. The van der Waals surface area contributed by atoms with Crippen molar-refractivity contribution in [3.05, 3.63) is 59.4 Å². The van der Waals surface area contributed by atoms with Crippen LogP contribution in [-0.2, 0) is 11.2 Å². The molecule has 124 valence electrons. The number of benzene rings is 2. The quantitative estimate of drug-likeness (QED) is 0.809. The molecule has 0 spiro atoms. The Labute approximate surface area is 139 Å². The number of hydrogen-bond donors (Lipinski definition) is 0. The predicted octanol–water partition coefficient (Wildman–Crippen LogP) is 3.39. The van der Waals surface area contributed by atoms with E-state index in [0.717, 1.165) is 24.1 Å². The number of anilines is 1. The summed E-state index contributed by atoms with van der Waals surface area (Å²) in [5, 5.41) is 0. The Hall–Kier alpha value is -2.69. The van der Waals surface area contributed by atoms with Gasteiger partial charge in [0, 0.05) is 17.8 Å². The molecule has 1 amide bonds. The van der Waals surface area contributed by atoms with E-state index < -0.39 is 5.82 Å². The van der Waals surface area contributed by atoms with Gasteiger partial charge in [0.15, 0.2) is 24.0 Å². The fourth-order valence-electron chi connectivity index (χ4n) is 2.85. The number of fused-ring (bicyclic) bond motifs is 1. The third-order valence-corrected chi connectivity index (χ3v) is 4.09. The summed E-state index contributed by atoms with van der Waals surface area (Å²) in [5.74, 6) is -0.649. The first kappa shape index (κ1) is 16.2. The Morgan fingerprint density at radius 1 is 1.21 bits per heavy atom. The van der Waals surface area contributed by atoms with Gasteiger partial charge in [-0.25, -0.2) is 4.39 Å². The number of amides is 1. The molecule has 1 heterocycles. The second-order valence-corrected chi connectivity index (χ2v) is 5.77. The van der Waals surface area contributed by atoms with Crippen molar-refractivity contribution in [3.63, 3.8) is 0 Å². The normalized spacial score (nSPS) is 13.3. The summed E-state index contributed by atoms with van der Waals surface area (Å²) in [6.07, 6.45) is 1.65. The van der Waals surface area contributed by atoms with Crippen molar-refractivity contribution >= 4 is 17.4 Å². The summed E-state index contributed by atoms with van der Waals surface area (Å²) in [5.41, 5.74) is 2.42. The molecule has 0 unspecified atom stereocenters. The van der Waals surface area contributed by atoms with Gasteiger partial charge in [0.25, 0.3) is 5.91 Å². The molecule has 0 fully saturated rings. The molecule has 4 nitrogen and oxygen atoms in total. The highest BCUT2D eigenvalue weighted by molar-refractivity contribution is 5.98. The molecule has 1 aliphatic heterocycles. The largest absolute Gasteiger partial charge is 0.481 e. The number of para-hydroxylation sites is 1. The van der Waals surface area contributed by atoms with Gasteiger partial charge in [-0.15, -0.1) is 0 Å². The highest BCUT2D eigenvalue weighted by Gasteiger charge is 2.23. The van der Waals surface area contributed by atoms with Crippen molar-refractivity contribution in [2.45, 2.75) is 19.8 Å². The van der Waals surface area contributed by atoms with Crippen LogP contribution in [0.25, 0.3) is 0 Å². The van der Waals surface area contributed by atoms with Gasteiger partial charge in [-0.05, 0) is 55.7 Å². The molecule has 0 N–H and O–H groups in total. The zero-order valence-corrected chi connectivity index (χ0v) is 13.4. The number of nitrogens with zero attached hydrogens (tertiary/aromatic N) is 1. The smallest absolute Gasteiger partial charge is 0.264 e. The Morgan fingerprint density at radius 3 is 2.75 bits per heavy atom. The Balaban J connectivity index is 1.75. The van der Waals surface area contributed by atoms with E-state index in [4.69, 9.17) is 4.74 Å². The Kier molecular flexibility index (Phi) is 4.60. The minimum Gasteiger partial charge on any atom is -0.481 e. The van der Waals surface area contributed by atoms with E-state index in [1.54, 1.807) is 29.2 Å². The molecular formula is C19H18FNO3. The second-order valence-electron chi connectivity index (χ2n) is 5.77. The second kappa shape index (κ2) is 6.83. The molecule has 0 aromatic heterocycles. The Bertz CT molecular complexity index is 788. The van der Waals surface area contributed by atoms with Gasteiger partial charge in [0.1, 0.15) is 0 Å². The van der Waals surface area contributed by atoms with Crippen molar-refractivity contribution in [3.8, 4) is 5.75 Å². The van der Waals surface area contributed by atoms with Crippen molar-refractivity contribution in [1.82, 2.24) is 0 Å². The van der Waals surface area contributed by atoms with Gasteiger partial charge >= 0.3 is 0 Å². The van der Waals surface area contributed by atoms with Gasteiger partial charge in [-0.2, -0.15) is 0 Å². The average Bonchev–Trinajstić information content (AvgIpc) is 2.59. The summed E-state index contributed by atoms with van der Waals surface area (Å²) in [7, 11) is 0. The van der Waals surface area contributed by atoms with Crippen LogP contribution in [0.5, 0.6) is 5.75 Å². The number of aryl methyl sites for hydroxylation is 1. The summed E-state index contributed by atoms with van der Waals surface area (Å²) in [6, 6.07) is 11.4. The third kappa shape index (κ3) is 3.30. The first-order valence-electron chi connectivity index (χ1n) is 7.88. The summed E-state index contributed by atoms with van der Waals surface area (Å²) in [4.78, 5) is 25.6. The first-order chi connectivity index (χ1) is 11.6. The number of carbonyl (C=O) groups is 2. The highest BCUT2D eigenvalue weighted by Crippen LogP contribution is 2.28. The molecule has 0 bridgehead atoms. The third-order valence-electron chi connectivity index (χ3n) is 4.09. The van der Waals surface area contributed by atoms with Crippen LogP contribution < -0.4 is 9.64 Å². The number of Topliss-reactive ketones (excluding diaryl/α,β-unsaturated/α-hetero) is 1. The number of hydrogen-bond acceptors (Lipinski definition) is 3. The molecule has 2 aromatic rings. The van der Waals surface area contributed by atoms with Gasteiger partial charge in [-0.3, -0.25) is 9.59 Å². The minimum atomic E-state index is -0.490. The zero-order chi connectivity index (χ0) is 17.1. The fraction of sp³-hybridized carbons (Fsp3) is 0.263.